The third kappa shape index (κ3) is 4.78. The van der Waals surface area contributed by atoms with Gasteiger partial charge < -0.3 is 15.0 Å². The maximum absolute atomic E-state index is 12.3. The van der Waals surface area contributed by atoms with E-state index in [1.54, 1.807) is 6.20 Å². The first kappa shape index (κ1) is 20.1. The number of nitrogens with one attached hydrogen (secondary N) is 1. The summed E-state index contributed by atoms with van der Waals surface area (Å²) in [6, 6.07) is 6.49. The summed E-state index contributed by atoms with van der Waals surface area (Å²) in [5.74, 6) is -1.40. The highest BCUT2D eigenvalue weighted by Crippen LogP contribution is 2.33. The first-order chi connectivity index (χ1) is 13.2. The van der Waals surface area contributed by atoms with Gasteiger partial charge in [0.1, 0.15) is 0 Å². The Balaban J connectivity index is 1.57. The second-order valence-corrected chi connectivity index (χ2v) is 9.15. The first-order valence-electron chi connectivity index (χ1n) is 8.96. The molecule has 2 aliphatic rings. The fourth-order valence-electron chi connectivity index (χ4n) is 3.45. The molecular formula is C19H22N2O6S. The lowest BCUT2D eigenvalue weighted by atomic mass is 9.94. The number of rotatable bonds is 5. The van der Waals surface area contributed by atoms with E-state index in [-0.39, 0.29) is 23.8 Å². The number of esters is 1. The second-order valence-electron chi connectivity index (χ2n) is 6.92. The number of benzene rings is 1. The van der Waals surface area contributed by atoms with E-state index in [2.05, 4.69) is 5.32 Å². The van der Waals surface area contributed by atoms with Gasteiger partial charge in [-0.3, -0.25) is 14.4 Å². The third-order valence-corrected chi connectivity index (χ3v) is 6.56. The van der Waals surface area contributed by atoms with Crippen LogP contribution in [0.2, 0.25) is 0 Å². The highest BCUT2D eigenvalue weighted by molar-refractivity contribution is 7.91. The molecule has 0 aromatic heterocycles. The van der Waals surface area contributed by atoms with Gasteiger partial charge in [0.25, 0.3) is 5.91 Å². The van der Waals surface area contributed by atoms with Crippen LogP contribution in [0.25, 0.3) is 6.08 Å². The van der Waals surface area contributed by atoms with Crippen molar-refractivity contribution in [3.8, 4) is 0 Å². The summed E-state index contributed by atoms with van der Waals surface area (Å²) in [7, 11) is -3.10. The molecule has 0 radical (unpaired) electrons. The monoisotopic (exact) mass is 406 g/mol. The zero-order valence-corrected chi connectivity index (χ0v) is 16.3. The number of nitrogens with zero attached hydrogens (tertiary/aromatic N) is 1. The summed E-state index contributed by atoms with van der Waals surface area (Å²) in [5, 5.41) is 2.57. The Morgan fingerprint density at radius 3 is 2.68 bits per heavy atom. The number of amides is 2. The van der Waals surface area contributed by atoms with Gasteiger partial charge in [-0.25, -0.2) is 8.42 Å². The van der Waals surface area contributed by atoms with Gasteiger partial charge in [0.2, 0.25) is 5.91 Å². The van der Waals surface area contributed by atoms with E-state index < -0.39 is 40.4 Å². The van der Waals surface area contributed by atoms with E-state index >= 15 is 0 Å². The van der Waals surface area contributed by atoms with Crippen LogP contribution in [-0.4, -0.2) is 55.3 Å². The molecule has 2 amide bonds. The molecule has 2 aliphatic heterocycles. The summed E-state index contributed by atoms with van der Waals surface area (Å²) in [4.78, 5) is 37.6. The number of hydrogen-bond acceptors (Lipinski definition) is 6. The molecule has 2 atom stereocenters. The summed E-state index contributed by atoms with van der Waals surface area (Å²) in [6.45, 7) is 0.930. The van der Waals surface area contributed by atoms with Crippen molar-refractivity contribution in [1.29, 1.82) is 0 Å². The molecule has 150 valence electrons. The molecule has 1 N–H and O–H groups in total. The quantitative estimate of drug-likeness (QED) is 0.724. The number of carbonyl (C=O) groups excluding carboxylic acids is 3. The Kier molecular flexibility index (Phi) is 5.83. The van der Waals surface area contributed by atoms with E-state index in [9.17, 15) is 22.8 Å². The van der Waals surface area contributed by atoms with Crippen molar-refractivity contribution in [2.24, 2.45) is 0 Å². The van der Waals surface area contributed by atoms with Gasteiger partial charge in [0.05, 0.1) is 24.0 Å². The molecule has 1 aromatic rings. The zero-order valence-electron chi connectivity index (χ0n) is 15.5. The third-order valence-electron chi connectivity index (χ3n) is 4.79. The minimum Gasteiger partial charge on any atom is -0.456 e. The molecule has 9 heteroatoms. The fourth-order valence-corrected chi connectivity index (χ4v) is 5.13. The molecule has 28 heavy (non-hydrogen) atoms. The highest BCUT2D eigenvalue weighted by atomic mass is 32.2. The summed E-state index contributed by atoms with van der Waals surface area (Å²) < 4.78 is 27.9. The number of hydrogen-bond donors (Lipinski definition) is 1. The van der Waals surface area contributed by atoms with Gasteiger partial charge in [0, 0.05) is 19.2 Å². The molecule has 0 aliphatic carbocycles. The zero-order chi connectivity index (χ0) is 20.3. The Morgan fingerprint density at radius 2 is 2.00 bits per heavy atom. The normalized spacial score (nSPS) is 22.4. The summed E-state index contributed by atoms with van der Waals surface area (Å²) in [5.41, 5.74) is 1.75. The maximum Gasteiger partial charge on any atom is 0.308 e. The smallest absolute Gasteiger partial charge is 0.308 e. The molecule has 0 saturated carbocycles. The van der Waals surface area contributed by atoms with Crippen molar-refractivity contribution >= 4 is 33.7 Å². The predicted molar refractivity (Wildman–Crippen MR) is 102 cm³/mol. The molecule has 3 rings (SSSR count). The molecule has 1 aromatic carbocycles. The van der Waals surface area contributed by atoms with Gasteiger partial charge in [-0.1, -0.05) is 24.3 Å². The lowest BCUT2D eigenvalue weighted by Crippen LogP contribution is -2.38. The van der Waals surface area contributed by atoms with Crippen LogP contribution in [0, 0.1) is 0 Å². The van der Waals surface area contributed by atoms with Gasteiger partial charge >= 0.3 is 5.97 Å². The van der Waals surface area contributed by atoms with Crippen LogP contribution in [0.15, 0.2) is 30.5 Å². The number of carbonyl (C=O) groups is 3. The number of ether oxygens (including phenoxy) is 1. The van der Waals surface area contributed by atoms with Crippen LogP contribution in [0.3, 0.4) is 0 Å². The summed E-state index contributed by atoms with van der Waals surface area (Å²) in [6.07, 6.45) is 3.71. The molecule has 1 saturated heterocycles. The van der Waals surface area contributed by atoms with Crippen molar-refractivity contribution in [3.63, 3.8) is 0 Å². The Labute approximate surface area is 163 Å². The van der Waals surface area contributed by atoms with Crippen molar-refractivity contribution in [1.82, 2.24) is 10.2 Å². The highest BCUT2D eigenvalue weighted by Gasteiger charge is 2.30. The number of sulfone groups is 1. The van der Waals surface area contributed by atoms with Crippen LogP contribution in [0.4, 0.5) is 0 Å². The molecular weight excluding hydrogens is 384 g/mol. The summed E-state index contributed by atoms with van der Waals surface area (Å²) >= 11 is 0. The minimum atomic E-state index is -3.10. The van der Waals surface area contributed by atoms with Crippen LogP contribution in [0.5, 0.6) is 0 Å². The average Bonchev–Trinajstić information content (AvgIpc) is 2.98. The number of fused-ring (bicyclic) bond motifs is 1. The first-order valence-corrected chi connectivity index (χ1v) is 10.8. The SMILES string of the molecule is CC(=O)N1C=Cc2ccccc2[C@@H]1CC(=O)OCC(=O)N[C@@H]1CCS(=O)(=O)C1. The molecule has 0 unspecified atom stereocenters. The maximum atomic E-state index is 12.3. The van der Waals surface area contributed by atoms with Gasteiger partial charge in [-0.05, 0) is 23.6 Å². The molecule has 0 bridgehead atoms. The predicted octanol–water partition coefficient (Wildman–Crippen LogP) is 0.797. The van der Waals surface area contributed by atoms with Crippen molar-refractivity contribution in [2.75, 3.05) is 18.1 Å². The molecule has 8 nitrogen and oxygen atoms in total. The lowest BCUT2D eigenvalue weighted by Gasteiger charge is -2.32. The van der Waals surface area contributed by atoms with E-state index in [0.29, 0.717) is 6.42 Å². The minimum absolute atomic E-state index is 0.0488. The van der Waals surface area contributed by atoms with Gasteiger partial charge in [-0.2, -0.15) is 0 Å². The van der Waals surface area contributed by atoms with Crippen molar-refractivity contribution < 1.29 is 27.5 Å². The van der Waals surface area contributed by atoms with E-state index in [0.717, 1.165) is 11.1 Å². The van der Waals surface area contributed by atoms with E-state index in [1.165, 1.54) is 11.8 Å². The van der Waals surface area contributed by atoms with Crippen LogP contribution < -0.4 is 5.32 Å². The van der Waals surface area contributed by atoms with Gasteiger partial charge in [0.15, 0.2) is 16.4 Å². The Bertz CT molecular complexity index is 924. The average molecular weight is 406 g/mol. The molecule has 1 fully saturated rings. The van der Waals surface area contributed by atoms with Crippen molar-refractivity contribution in [3.05, 3.63) is 41.6 Å². The largest absolute Gasteiger partial charge is 0.456 e. The second kappa shape index (κ2) is 8.14. The molecule has 2 heterocycles. The van der Waals surface area contributed by atoms with Crippen LogP contribution in [-0.2, 0) is 29.0 Å². The molecule has 0 spiro atoms. The van der Waals surface area contributed by atoms with Crippen LogP contribution in [0.1, 0.15) is 36.9 Å². The van der Waals surface area contributed by atoms with Gasteiger partial charge in [-0.15, -0.1) is 0 Å². The Hall–Kier alpha value is -2.68. The standard InChI is InChI=1S/C19H22N2O6S/c1-13(22)21-8-6-14-4-2-3-5-16(14)17(21)10-19(24)27-11-18(23)20-15-7-9-28(25,26)12-15/h2-6,8,15,17H,7,9-12H2,1H3,(H,20,23)/t15-,17+/m1/s1. The Morgan fingerprint density at radius 1 is 1.25 bits per heavy atom. The van der Waals surface area contributed by atoms with Crippen LogP contribution >= 0.6 is 0 Å². The topological polar surface area (TPSA) is 110 Å². The van der Waals surface area contributed by atoms with E-state index in [4.69, 9.17) is 4.74 Å². The fraction of sp³-hybridized carbons (Fsp3) is 0.421. The van der Waals surface area contributed by atoms with E-state index in [1.807, 2.05) is 30.3 Å². The van der Waals surface area contributed by atoms with Crippen molar-refractivity contribution in [2.45, 2.75) is 31.8 Å². The lowest BCUT2D eigenvalue weighted by molar-refractivity contribution is -0.150.